The van der Waals surface area contributed by atoms with Gasteiger partial charge in [-0.3, -0.25) is 4.40 Å². The van der Waals surface area contributed by atoms with Gasteiger partial charge in [-0.25, -0.2) is 4.98 Å². The van der Waals surface area contributed by atoms with Crippen LogP contribution in [0, 0.1) is 6.92 Å². The molecule has 0 bridgehead atoms. The molecular formula is C26H26ClN3O3S. The molecule has 8 heteroatoms. The second kappa shape index (κ2) is 9.31. The second-order valence-corrected chi connectivity index (χ2v) is 10.7. The Bertz CT molecular complexity index is 1430. The first-order valence-corrected chi connectivity index (χ1v) is 13.2. The van der Waals surface area contributed by atoms with Gasteiger partial charge in [-0.2, -0.15) is 8.42 Å². The Kier molecular flexibility index (Phi) is 6.23. The average molecular weight is 496 g/mol. The summed E-state index contributed by atoms with van der Waals surface area (Å²) in [6.45, 7) is 2.04. The largest absolute Gasteiger partial charge is 0.379 e. The van der Waals surface area contributed by atoms with E-state index in [1.54, 1.807) is 18.2 Å². The fourth-order valence-electron chi connectivity index (χ4n) is 4.40. The molecule has 4 aromatic rings. The molecule has 2 aromatic carbocycles. The van der Waals surface area contributed by atoms with Crippen LogP contribution in [0.3, 0.4) is 0 Å². The molecule has 2 heterocycles. The molecule has 0 atom stereocenters. The van der Waals surface area contributed by atoms with Crippen LogP contribution in [0.1, 0.15) is 37.7 Å². The molecule has 0 unspecified atom stereocenters. The van der Waals surface area contributed by atoms with Gasteiger partial charge in [-0.05, 0) is 73.9 Å². The summed E-state index contributed by atoms with van der Waals surface area (Å²) in [6.07, 6.45) is 7.99. The van der Waals surface area contributed by atoms with Crippen molar-refractivity contribution in [2.24, 2.45) is 0 Å². The van der Waals surface area contributed by atoms with Crippen molar-refractivity contribution in [3.8, 4) is 17.0 Å². The first-order chi connectivity index (χ1) is 16.4. The molecule has 176 valence electrons. The summed E-state index contributed by atoms with van der Waals surface area (Å²) in [7, 11) is -3.99. The number of anilines is 1. The average Bonchev–Trinajstić information content (AvgIpc) is 3.17. The number of nitrogens with one attached hydrogen (secondary N) is 1. The number of fused-ring (bicyclic) bond motifs is 1. The number of nitrogens with zero attached hydrogens (tertiary/aromatic N) is 2. The maximum Gasteiger partial charge on any atom is 0.339 e. The summed E-state index contributed by atoms with van der Waals surface area (Å²) in [5.41, 5.74) is 3.52. The van der Waals surface area contributed by atoms with Gasteiger partial charge in [0.05, 0.1) is 0 Å². The van der Waals surface area contributed by atoms with E-state index >= 15 is 0 Å². The molecule has 0 amide bonds. The van der Waals surface area contributed by atoms with Crippen molar-refractivity contribution in [1.29, 1.82) is 0 Å². The van der Waals surface area contributed by atoms with Crippen LogP contribution in [0.2, 0.25) is 5.02 Å². The molecule has 0 saturated heterocycles. The lowest BCUT2D eigenvalue weighted by atomic mass is 9.95. The van der Waals surface area contributed by atoms with Crippen molar-refractivity contribution >= 4 is 33.2 Å². The molecular weight excluding hydrogens is 470 g/mol. The number of pyridine rings is 1. The summed E-state index contributed by atoms with van der Waals surface area (Å²) in [5.74, 6) is 1.14. The quantitative estimate of drug-likeness (QED) is 0.310. The van der Waals surface area contributed by atoms with Gasteiger partial charge < -0.3 is 9.50 Å². The van der Waals surface area contributed by atoms with E-state index in [9.17, 15) is 8.42 Å². The third-order valence-corrected chi connectivity index (χ3v) is 7.66. The number of imidazole rings is 1. The zero-order chi connectivity index (χ0) is 23.7. The molecule has 1 aliphatic rings. The van der Waals surface area contributed by atoms with Gasteiger partial charge in [0, 0.05) is 22.8 Å². The van der Waals surface area contributed by atoms with Crippen LogP contribution in [0.15, 0.2) is 71.8 Å². The molecule has 1 saturated carbocycles. The molecule has 34 heavy (non-hydrogen) atoms. The highest BCUT2D eigenvalue weighted by molar-refractivity contribution is 7.87. The summed E-state index contributed by atoms with van der Waals surface area (Å²) in [4.78, 5) is 4.94. The number of benzene rings is 2. The van der Waals surface area contributed by atoms with Gasteiger partial charge in [0.15, 0.2) is 0 Å². The van der Waals surface area contributed by atoms with E-state index < -0.39 is 10.1 Å². The van der Waals surface area contributed by atoms with E-state index in [2.05, 4.69) is 15.8 Å². The van der Waals surface area contributed by atoms with Crippen molar-refractivity contribution in [3.05, 3.63) is 77.4 Å². The molecule has 0 radical (unpaired) electrons. The standard InChI is InChI=1S/C26H26ClN3O3S/c1-18-14-15-30-24(16-18)29-25(26(30)28-21-7-3-2-4-8-21)19-6-5-9-22(17-19)33-34(31,32)23-12-10-20(27)11-13-23/h5-6,9-17,21,28H,2-4,7-8H2,1H3. The van der Waals surface area contributed by atoms with Crippen LogP contribution in [0.4, 0.5) is 5.82 Å². The number of aryl methyl sites for hydroxylation is 1. The predicted molar refractivity (Wildman–Crippen MR) is 135 cm³/mol. The van der Waals surface area contributed by atoms with Gasteiger partial charge in [0.1, 0.15) is 27.8 Å². The maximum absolute atomic E-state index is 12.8. The summed E-state index contributed by atoms with van der Waals surface area (Å²) in [5, 5.41) is 4.18. The van der Waals surface area contributed by atoms with Crippen molar-refractivity contribution in [2.75, 3.05) is 5.32 Å². The Balaban J connectivity index is 1.51. The van der Waals surface area contributed by atoms with Crippen molar-refractivity contribution < 1.29 is 12.6 Å². The number of rotatable bonds is 6. The monoisotopic (exact) mass is 495 g/mol. The lowest BCUT2D eigenvalue weighted by molar-refractivity contribution is 0.462. The van der Waals surface area contributed by atoms with E-state index in [4.69, 9.17) is 20.8 Å². The van der Waals surface area contributed by atoms with Gasteiger partial charge in [0.25, 0.3) is 0 Å². The summed E-state index contributed by atoms with van der Waals surface area (Å²) >= 11 is 5.89. The van der Waals surface area contributed by atoms with E-state index in [-0.39, 0.29) is 10.6 Å². The highest BCUT2D eigenvalue weighted by atomic mass is 35.5. The Morgan fingerprint density at radius 2 is 1.79 bits per heavy atom. The molecule has 6 nitrogen and oxygen atoms in total. The van der Waals surface area contributed by atoms with Gasteiger partial charge >= 0.3 is 10.1 Å². The number of halogens is 1. The zero-order valence-electron chi connectivity index (χ0n) is 18.9. The highest BCUT2D eigenvalue weighted by Crippen LogP contribution is 2.34. The Labute approximate surface area is 204 Å². The maximum atomic E-state index is 12.8. The Hall–Kier alpha value is -3.03. The van der Waals surface area contributed by atoms with Gasteiger partial charge in [-0.15, -0.1) is 0 Å². The van der Waals surface area contributed by atoms with Crippen LogP contribution in [0.25, 0.3) is 16.9 Å². The van der Waals surface area contributed by atoms with Gasteiger partial charge in [-0.1, -0.05) is 43.0 Å². The fraction of sp³-hybridized carbons (Fsp3) is 0.269. The van der Waals surface area contributed by atoms with Crippen LogP contribution >= 0.6 is 11.6 Å². The molecule has 2 aromatic heterocycles. The number of hydrogen-bond donors (Lipinski definition) is 1. The number of hydrogen-bond acceptors (Lipinski definition) is 5. The second-order valence-electron chi connectivity index (χ2n) is 8.74. The Morgan fingerprint density at radius 1 is 1.03 bits per heavy atom. The number of aromatic nitrogens is 2. The molecule has 0 aliphatic heterocycles. The smallest absolute Gasteiger partial charge is 0.339 e. The third kappa shape index (κ3) is 4.76. The first-order valence-electron chi connectivity index (χ1n) is 11.4. The van der Waals surface area contributed by atoms with Crippen LogP contribution in [-0.2, 0) is 10.1 Å². The topological polar surface area (TPSA) is 72.7 Å². The van der Waals surface area contributed by atoms with E-state index in [0.29, 0.717) is 11.1 Å². The van der Waals surface area contributed by atoms with Crippen molar-refractivity contribution in [2.45, 2.75) is 50.0 Å². The van der Waals surface area contributed by atoms with Crippen LogP contribution in [0.5, 0.6) is 5.75 Å². The van der Waals surface area contributed by atoms with Crippen molar-refractivity contribution in [3.63, 3.8) is 0 Å². The normalized spacial score (nSPS) is 14.9. The molecule has 1 N–H and O–H groups in total. The predicted octanol–water partition coefficient (Wildman–Crippen LogP) is 6.48. The van der Waals surface area contributed by atoms with E-state index in [1.807, 2.05) is 25.3 Å². The minimum absolute atomic E-state index is 0.0464. The summed E-state index contributed by atoms with van der Waals surface area (Å²) in [6, 6.07) is 17.4. The minimum atomic E-state index is -3.99. The van der Waals surface area contributed by atoms with Crippen LogP contribution in [-0.4, -0.2) is 23.8 Å². The molecule has 0 spiro atoms. The Morgan fingerprint density at radius 3 is 2.56 bits per heavy atom. The minimum Gasteiger partial charge on any atom is -0.379 e. The molecule has 1 fully saturated rings. The van der Waals surface area contributed by atoms with E-state index in [0.717, 1.165) is 41.1 Å². The SMILES string of the molecule is Cc1ccn2c(NC3CCCCC3)c(-c3cccc(OS(=O)(=O)c4ccc(Cl)cc4)c3)nc2c1. The van der Waals surface area contributed by atoms with Crippen LogP contribution < -0.4 is 9.50 Å². The lowest BCUT2D eigenvalue weighted by Gasteiger charge is -2.24. The fourth-order valence-corrected chi connectivity index (χ4v) is 5.45. The lowest BCUT2D eigenvalue weighted by Crippen LogP contribution is -2.23. The first kappa shape index (κ1) is 22.7. The molecule has 1 aliphatic carbocycles. The molecule has 5 rings (SSSR count). The van der Waals surface area contributed by atoms with Gasteiger partial charge in [0.2, 0.25) is 0 Å². The highest BCUT2D eigenvalue weighted by Gasteiger charge is 2.21. The zero-order valence-corrected chi connectivity index (χ0v) is 20.4. The van der Waals surface area contributed by atoms with Crippen molar-refractivity contribution in [1.82, 2.24) is 9.38 Å². The summed E-state index contributed by atoms with van der Waals surface area (Å²) < 4.78 is 33.1. The van der Waals surface area contributed by atoms with E-state index in [1.165, 1.54) is 43.5 Å². The third-order valence-electron chi connectivity index (χ3n) is 6.14.